The molecule has 0 bridgehead atoms. The van der Waals surface area contributed by atoms with Gasteiger partial charge in [0.2, 0.25) is 5.95 Å². The fraction of sp³-hybridized carbons (Fsp3) is 0.154. The van der Waals surface area contributed by atoms with Crippen LogP contribution in [-0.2, 0) is 4.74 Å². The number of hydrogen-bond acceptors (Lipinski definition) is 6. The molecule has 1 aromatic carbocycles. The first-order valence-corrected chi connectivity index (χ1v) is 5.89. The third kappa shape index (κ3) is 2.66. The quantitative estimate of drug-likeness (QED) is 0.825. The molecule has 0 saturated carbocycles. The van der Waals surface area contributed by atoms with Crippen LogP contribution in [0, 0.1) is 5.82 Å². The molecule has 20 heavy (non-hydrogen) atoms. The second-order valence-electron chi connectivity index (χ2n) is 3.93. The highest BCUT2D eigenvalue weighted by Gasteiger charge is 2.15. The Balaban J connectivity index is 2.49. The largest absolute Gasteiger partial charge is 0.462 e. The maximum absolute atomic E-state index is 13.9. The number of benzene rings is 1. The molecule has 0 aliphatic heterocycles. The number of esters is 1. The van der Waals surface area contributed by atoms with Crippen molar-refractivity contribution < 1.29 is 13.9 Å². The summed E-state index contributed by atoms with van der Waals surface area (Å²) in [6.45, 7) is 1.96. The number of carbonyl (C=O) groups is 1. The second-order valence-corrected chi connectivity index (χ2v) is 3.93. The monoisotopic (exact) mass is 276 g/mol. The average molecular weight is 276 g/mol. The molecule has 2 rings (SSSR count). The summed E-state index contributed by atoms with van der Waals surface area (Å²) in [5.41, 5.74) is 11.5. The molecule has 6 nitrogen and oxygen atoms in total. The number of ether oxygens (including phenoxy) is 1. The van der Waals surface area contributed by atoms with Crippen molar-refractivity contribution in [3.63, 3.8) is 0 Å². The number of nitrogens with zero attached hydrogens (tertiary/aromatic N) is 2. The van der Waals surface area contributed by atoms with Crippen molar-refractivity contribution in [2.75, 3.05) is 18.1 Å². The van der Waals surface area contributed by atoms with Gasteiger partial charge in [0.15, 0.2) is 11.6 Å². The van der Waals surface area contributed by atoms with Gasteiger partial charge in [-0.1, -0.05) is 12.1 Å². The number of hydrogen-bond donors (Lipinski definition) is 2. The molecule has 0 spiro atoms. The lowest BCUT2D eigenvalue weighted by Gasteiger charge is -2.07. The van der Waals surface area contributed by atoms with Crippen LogP contribution in [0.4, 0.5) is 16.2 Å². The van der Waals surface area contributed by atoms with Crippen molar-refractivity contribution in [1.82, 2.24) is 9.97 Å². The first-order chi connectivity index (χ1) is 9.52. The molecule has 0 atom stereocenters. The van der Waals surface area contributed by atoms with E-state index in [1.165, 1.54) is 6.07 Å². The molecular weight excluding hydrogens is 263 g/mol. The summed E-state index contributed by atoms with van der Waals surface area (Å²) in [5, 5.41) is 0. The van der Waals surface area contributed by atoms with E-state index in [0.717, 1.165) is 0 Å². The minimum absolute atomic E-state index is 0.0545. The lowest BCUT2D eigenvalue weighted by Crippen LogP contribution is -2.07. The first kappa shape index (κ1) is 13.7. The van der Waals surface area contributed by atoms with Crippen LogP contribution >= 0.6 is 0 Å². The fourth-order valence-corrected chi connectivity index (χ4v) is 1.68. The number of nitrogen functional groups attached to an aromatic ring is 2. The fourth-order valence-electron chi connectivity index (χ4n) is 1.68. The van der Waals surface area contributed by atoms with Crippen LogP contribution in [0.2, 0.25) is 0 Å². The Labute approximate surface area is 114 Å². The van der Waals surface area contributed by atoms with Gasteiger partial charge in [-0.15, -0.1) is 0 Å². The van der Waals surface area contributed by atoms with Gasteiger partial charge in [0.05, 0.1) is 12.2 Å². The Morgan fingerprint density at radius 2 is 2.10 bits per heavy atom. The third-order valence-electron chi connectivity index (χ3n) is 2.54. The number of nitrogens with two attached hydrogens (primary N) is 2. The average Bonchev–Trinajstić information content (AvgIpc) is 2.43. The van der Waals surface area contributed by atoms with Crippen LogP contribution < -0.4 is 11.5 Å². The van der Waals surface area contributed by atoms with E-state index >= 15 is 0 Å². The van der Waals surface area contributed by atoms with Gasteiger partial charge in [0.1, 0.15) is 5.69 Å². The molecule has 0 saturated heterocycles. The first-order valence-electron chi connectivity index (χ1n) is 5.89. The molecule has 1 heterocycles. The normalized spacial score (nSPS) is 10.3. The summed E-state index contributed by atoms with van der Waals surface area (Å²) in [6, 6.07) is 6.21. The lowest BCUT2D eigenvalue weighted by molar-refractivity contribution is 0.0526. The maximum atomic E-state index is 13.9. The molecule has 0 amide bonds. The van der Waals surface area contributed by atoms with Gasteiger partial charge in [-0.25, -0.2) is 14.2 Å². The zero-order chi connectivity index (χ0) is 14.7. The van der Waals surface area contributed by atoms with Crippen molar-refractivity contribution >= 4 is 17.7 Å². The van der Waals surface area contributed by atoms with Crippen LogP contribution in [0.5, 0.6) is 0 Å². The summed E-state index contributed by atoms with van der Waals surface area (Å²) >= 11 is 0. The molecule has 104 valence electrons. The van der Waals surface area contributed by atoms with Gasteiger partial charge in [-0.05, 0) is 19.1 Å². The molecule has 1 aromatic heterocycles. The minimum Gasteiger partial charge on any atom is -0.462 e. The molecule has 2 aromatic rings. The molecule has 0 unspecified atom stereocenters. The molecule has 7 heteroatoms. The lowest BCUT2D eigenvalue weighted by atomic mass is 10.1. The molecule has 0 radical (unpaired) electrons. The highest BCUT2D eigenvalue weighted by molar-refractivity contribution is 5.91. The van der Waals surface area contributed by atoms with Gasteiger partial charge in [0, 0.05) is 5.56 Å². The summed E-state index contributed by atoms with van der Waals surface area (Å²) in [7, 11) is 0. The smallest absolute Gasteiger partial charge is 0.338 e. The van der Waals surface area contributed by atoms with Crippen molar-refractivity contribution in [3.05, 3.63) is 35.6 Å². The second kappa shape index (κ2) is 5.52. The molecule has 0 aliphatic carbocycles. The Kier molecular flexibility index (Phi) is 3.79. The van der Waals surface area contributed by atoms with Gasteiger partial charge in [0.25, 0.3) is 0 Å². The standard InChI is InChI=1S/C13H13FN4O2/c1-2-20-12(19)8-5-3-4-7(6-8)10-9(14)11(15)18-13(16)17-10/h3-6H,2H2,1H3,(H4,15,16,17,18). The number of anilines is 2. The van der Waals surface area contributed by atoms with Crippen LogP contribution in [0.25, 0.3) is 11.3 Å². The Hall–Kier alpha value is -2.70. The maximum Gasteiger partial charge on any atom is 0.338 e. The summed E-state index contributed by atoms with van der Waals surface area (Å²) in [5.74, 6) is -1.75. The van der Waals surface area contributed by atoms with Crippen molar-refractivity contribution in [2.24, 2.45) is 0 Å². The molecular formula is C13H13FN4O2. The third-order valence-corrected chi connectivity index (χ3v) is 2.54. The van der Waals surface area contributed by atoms with Crippen LogP contribution in [0.15, 0.2) is 24.3 Å². The highest BCUT2D eigenvalue weighted by atomic mass is 19.1. The zero-order valence-corrected chi connectivity index (χ0v) is 10.8. The van der Waals surface area contributed by atoms with Gasteiger partial charge in [-0.3, -0.25) is 0 Å². The highest BCUT2D eigenvalue weighted by Crippen LogP contribution is 2.25. The van der Waals surface area contributed by atoms with E-state index < -0.39 is 11.8 Å². The number of halogens is 1. The topological polar surface area (TPSA) is 104 Å². The summed E-state index contributed by atoms with van der Waals surface area (Å²) < 4.78 is 18.8. The van der Waals surface area contributed by atoms with Crippen molar-refractivity contribution in [1.29, 1.82) is 0 Å². The van der Waals surface area contributed by atoms with E-state index in [9.17, 15) is 9.18 Å². The van der Waals surface area contributed by atoms with Gasteiger partial charge < -0.3 is 16.2 Å². The number of rotatable bonds is 3. The van der Waals surface area contributed by atoms with Crippen molar-refractivity contribution in [3.8, 4) is 11.3 Å². The van der Waals surface area contributed by atoms with E-state index in [0.29, 0.717) is 11.1 Å². The van der Waals surface area contributed by atoms with Crippen molar-refractivity contribution in [2.45, 2.75) is 6.92 Å². The SMILES string of the molecule is CCOC(=O)c1cccc(-c2nc(N)nc(N)c2F)c1. The van der Waals surface area contributed by atoms with Crippen LogP contribution in [0.1, 0.15) is 17.3 Å². The number of aromatic nitrogens is 2. The summed E-state index contributed by atoms with van der Waals surface area (Å²) in [4.78, 5) is 19.0. The van der Waals surface area contributed by atoms with Gasteiger partial charge >= 0.3 is 5.97 Å². The zero-order valence-electron chi connectivity index (χ0n) is 10.8. The van der Waals surface area contributed by atoms with E-state index in [1.807, 2.05) is 0 Å². The Morgan fingerprint density at radius 3 is 2.80 bits per heavy atom. The predicted molar refractivity (Wildman–Crippen MR) is 72.2 cm³/mol. The Morgan fingerprint density at radius 1 is 1.35 bits per heavy atom. The number of carbonyl (C=O) groups excluding carboxylic acids is 1. The van der Waals surface area contributed by atoms with Gasteiger partial charge in [-0.2, -0.15) is 4.98 Å². The van der Waals surface area contributed by atoms with Crippen LogP contribution in [-0.4, -0.2) is 22.5 Å². The van der Waals surface area contributed by atoms with E-state index in [-0.39, 0.29) is 24.1 Å². The molecule has 0 fully saturated rings. The van der Waals surface area contributed by atoms with E-state index in [2.05, 4.69) is 9.97 Å². The minimum atomic E-state index is -0.778. The Bertz CT molecular complexity index is 661. The van der Waals surface area contributed by atoms with E-state index in [4.69, 9.17) is 16.2 Å². The predicted octanol–water partition coefficient (Wildman–Crippen LogP) is 1.62. The molecule has 4 N–H and O–H groups in total. The van der Waals surface area contributed by atoms with Crippen LogP contribution in [0.3, 0.4) is 0 Å². The molecule has 0 aliphatic rings. The summed E-state index contributed by atoms with van der Waals surface area (Å²) in [6.07, 6.45) is 0. The van der Waals surface area contributed by atoms with E-state index in [1.54, 1.807) is 25.1 Å².